The fourth-order valence-corrected chi connectivity index (χ4v) is 3.06. The first-order chi connectivity index (χ1) is 14.7. The molecule has 30 heavy (non-hydrogen) atoms. The molecule has 5 rings (SSSR count). The number of halogens is 1. The normalized spacial score (nSPS) is 12.0. The Morgan fingerprint density at radius 3 is 2.67 bits per heavy atom. The number of nitrogens with one attached hydrogen (secondary N) is 1. The highest BCUT2D eigenvalue weighted by molar-refractivity contribution is 6.04. The van der Waals surface area contributed by atoms with Gasteiger partial charge in [0.05, 0.1) is 0 Å². The van der Waals surface area contributed by atoms with Gasteiger partial charge in [-0.3, -0.25) is 4.79 Å². The van der Waals surface area contributed by atoms with Crippen LogP contribution in [0.15, 0.2) is 71.3 Å². The van der Waals surface area contributed by atoms with Gasteiger partial charge in [-0.05, 0) is 48.5 Å². The maximum atomic E-state index is 13.4. The van der Waals surface area contributed by atoms with E-state index in [2.05, 4.69) is 15.5 Å². The van der Waals surface area contributed by atoms with Gasteiger partial charge < -0.3 is 19.3 Å². The quantitative estimate of drug-likeness (QED) is 0.539. The topological polar surface area (TPSA) is 86.5 Å². The summed E-state index contributed by atoms with van der Waals surface area (Å²) < 4.78 is 29.2. The average Bonchev–Trinajstić information content (AvgIpc) is 3.43. The van der Waals surface area contributed by atoms with E-state index in [0.29, 0.717) is 39.7 Å². The predicted molar refractivity (Wildman–Crippen MR) is 106 cm³/mol. The Bertz CT molecular complexity index is 1250. The Kier molecular flexibility index (Phi) is 4.36. The predicted octanol–water partition coefficient (Wildman–Crippen LogP) is 4.52. The molecule has 1 aromatic heterocycles. The van der Waals surface area contributed by atoms with Gasteiger partial charge in [0.2, 0.25) is 12.6 Å². The maximum absolute atomic E-state index is 13.4. The molecule has 2 heterocycles. The van der Waals surface area contributed by atoms with E-state index in [1.807, 2.05) is 0 Å². The van der Waals surface area contributed by atoms with E-state index in [9.17, 15) is 9.18 Å². The third-order valence-electron chi connectivity index (χ3n) is 4.51. The second-order valence-corrected chi connectivity index (χ2v) is 6.54. The smallest absolute Gasteiger partial charge is 0.258 e. The molecule has 0 saturated heterocycles. The van der Waals surface area contributed by atoms with Gasteiger partial charge in [-0.2, -0.15) is 4.98 Å². The molecule has 0 spiro atoms. The van der Waals surface area contributed by atoms with E-state index in [1.54, 1.807) is 54.6 Å². The van der Waals surface area contributed by atoms with Crippen molar-refractivity contribution in [1.29, 1.82) is 0 Å². The molecule has 0 radical (unpaired) electrons. The molecule has 7 nitrogen and oxygen atoms in total. The highest BCUT2D eigenvalue weighted by Crippen LogP contribution is 2.33. The van der Waals surface area contributed by atoms with Crippen LogP contribution in [0.5, 0.6) is 11.5 Å². The van der Waals surface area contributed by atoms with Crippen LogP contribution in [0.4, 0.5) is 10.1 Å². The zero-order valence-electron chi connectivity index (χ0n) is 15.5. The molecule has 0 atom stereocenters. The van der Waals surface area contributed by atoms with Crippen molar-refractivity contribution in [2.75, 3.05) is 12.1 Å². The second kappa shape index (κ2) is 7.32. The molecule has 1 amide bonds. The first kappa shape index (κ1) is 17.9. The number of hydrogen-bond acceptors (Lipinski definition) is 6. The summed E-state index contributed by atoms with van der Waals surface area (Å²) in [6, 6.07) is 17.9. The SMILES string of the molecule is O=C(Nc1cccc(-c2noc(-c3cccc(F)c3)n2)c1)c1ccc2c(c1)OCO2. The fourth-order valence-electron chi connectivity index (χ4n) is 3.06. The monoisotopic (exact) mass is 403 g/mol. The Morgan fingerprint density at radius 2 is 1.77 bits per heavy atom. The van der Waals surface area contributed by atoms with Crippen LogP contribution in [0, 0.1) is 5.82 Å². The minimum absolute atomic E-state index is 0.144. The van der Waals surface area contributed by atoms with Gasteiger partial charge in [-0.1, -0.05) is 23.4 Å². The Morgan fingerprint density at radius 1 is 0.933 bits per heavy atom. The summed E-state index contributed by atoms with van der Waals surface area (Å²) in [6.07, 6.45) is 0. The van der Waals surface area contributed by atoms with Crippen LogP contribution in [0.2, 0.25) is 0 Å². The van der Waals surface area contributed by atoms with E-state index in [4.69, 9.17) is 14.0 Å². The minimum atomic E-state index is -0.388. The van der Waals surface area contributed by atoms with Gasteiger partial charge in [0.25, 0.3) is 11.8 Å². The average molecular weight is 403 g/mol. The van der Waals surface area contributed by atoms with E-state index in [-0.39, 0.29) is 24.4 Å². The lowest BCUT2D eigenvalue weighted by atomic mass is 10.1. The Labute approximate surface area is 170 Å². The van der Waals surface area contributed by atoms with Crippen molar-refractivity contribution in [1.82, 2.24) is 10.1 Å². The number of amides is 1. The van der Waals surface area contributed by atoms with Crippen LogP contribution in [0.3, 0.4) is 0 Å². The molecule has 8 heteroatoms. The van der Waals surface area contributed by atoms with Gasteiger partial charge in [-0.15, -0.1) is 0 Å². The highest BCUT2D eigenvalue weighted by Gasteiger charge is 2.17. The molecule has 1 aliphatic heterocycles. The van der Waals surface area contributed by atoms with Crippen molar-refractivity contribution >= 4 is 11.6 Å². The van der Waals surface area contributed by atoms with E-state index in [1.165, 1.54) is 12.1 Å². The lowest BCUT2D eigenvalue weighted by molar-refractivity contribution is 0.102. The molecule has 1 N–H and O–H groups in total. The number of hydrogen-bond donors (Lipinski definition) is 1. The molecule has 0 aliphatic carbocycles. The zero-order valence-corrected chi connectivity index (χ0v) is 15.5. The van der Waals surface area contributed by atoms with Crippen molar-refractivity contribution < 1.29 is 23.2 Å². The number of carbonyl (C=O) groups is 1. The summed E-state index contributed by atoms with van der Waals surface area (Å²) in [7, 11) is 0. The molecular formula is C22H14FN3O4. The van der Waals surface area contributed by atoms with Gasteiger partial charge >= 0.3 is 0 Å². The van der Waals surface area contributed by atoms with Crippen molar-refractivity contribution in [2.24, 2.45) is 0 Å². The lowest BCUT2D eigenvalue weighted by Gasteiger charge is -2.07. The van der Waals surface area contributed by atoms with Crippen LogP contribution >= 0.6 is 0 Å². The zero-order chi connectivity index (χ0) is 20.5. The van der Waals surface area contributed by atoms with Gasteiger partial charge in [0.1, 0.15) is 5.82 Å². The number of carbonyl (C=O) groups excluding carboxylic acids is 1. The summed E-state index contributed by atoms with van der Waals surface area (Å²) in [5, 5.41) is 6.79. The first-order valence-corrected chi connectivity index (χ1v) is 9.07. The van der Waals surface area contributed by atoms with Crippen LogP contribution in [0.1, 0.15) is 10.4 Å². The number of aromatic nitrogens is 2. The Balaban J connectivity index is 1.36. The van der Waals surface area contributed by atoms with E-state index in [0.717, 1.165) is 0 Å². The van der Waals surface area contributed by atoms with Crippen LogP contribution in [0.25, 0.3) is 22.8 Å². The van der Waals surface area contributed by atoms with Crippen molar-refractivity contribution in [3.8, 4) is 34.3 Å². The molecule has 0 fully saturated rings. The van der Waals surface area contributed by atoms with Gasteiger partial charge in [0.15, 0.2) is 11.5 Å². The molecule has 148 valence electrons. The van der Waals surface area contributed by atoms with Crippen molar-refractivity contribution in [3.63, 3.8) is 0 Å². The molecular weight excluding hydrogens is 389 g/mol. The number of fused-ring (bicyclic) bond motifs is 1. The highest BCUT2D eigenvalue weighted by atomic mass is 19.1. The third-order valence-corrected chi connectivity index (χ3v) is 4.51. The molecule has 0 unspecified atom stereocenters. The summed E-state index contributed by atoms with van der Waals surface area (Å²) in [5.74, 6) is 1.00. The molecule has 0 saturated carbocycles. The molecule has 3 aromatic carbocycles. The van der Waals surface area contributed by atoms with Crippen LogP contribution in [-0.2, 0) is 0 Å². The van der Waals surface area contributed by atoms with Gasteiger partial charge in [0, 0.05) is 22.4 Å². The second-order valence-electron chi connectivity index (χ2n) is 6.54. The fraction of sp³-hybridized carbons (Fsp3) is 0.0455. The number of benzene rings is 3. The van der Waals surface area contributed by atoms with E-state index >= 15 is 0 Å². The molecule has 1 aliphatic rings. The van der Waals surface area contributed by atoms with Crippen molar-refractivity contribution in [2.45, 2.75) is 0 Å². The van der Waals surface area contributed by atoms with E-state index < -0.39 is 0 Å². The van der Waals surface area contributed by atoms with Gasteiger partial charge in [-0.25, -0.2) is 4.39 Å². The standard InChI is InChI=1S/C22H14FN3O4/c23-16-5-1-4-15(9-16)22-25-20(26-30-22)13-3-2-6-17(10-13)24-21(27)14-7-8-18-19(11-14)29-12-28-18/h1-11H,12H2,(H,24,27). The van der Waals surface area contributed by atoms with Crippen molar-refractivity contribution in [3.05, 3.63) is 78.1 Å². The third kappa shape index (κ3) is 3.46. The number of nitrogens with zero attached hydrogens (tertiary/aromatic N) is 2. The molecule has 0 bridgehead atoms. The number of anilines is 1. The Hall–Kier alpha value is -4.20. The molecule has 4 aromatic rings. The maximum Gasteiger partial charge on any atom is 0.258 e. The summed E-state index contributed by atoms with van der Waals surface area (Å²) >= 11 is 0. The first-order valence-electron chi connectivity index (χ1n) is 9.07. The summed E-state index contributed by atoms with van der Waals surface area (Å²) in [5.41, 5.74) is 2.13. The van der Waals surface area contributed by atoms with Crippen LogP contribution < -0.4 is 14.8 Å². The number of rotatable bonds is 4. The summed E-state index contributed by atoms with van der Waals surface area (Å²) in [4.78, 5) is 16.9. The summed E-state index contributed by atoms with van der Waals surface area (Å²) in [6.45, 7) is 0.144. The number of ether oxygens (including phenoxy) is 2. The largest absolute Gasteiger partial charge is 0.454 e. The van der Waals surface area contributed by atoms with Crippen LogP contribution in [-0.4, -0.2) is 22.8 Å². The lowest BCUT2D eigenvalue weighted by Crippen LogP contribution is -2.11. The minimum Gasteiger partial charge on any atom is -0.454 e.